The van der Waals surface area contributed by atoms with Gasteiger partial charge in [0.05, 0.1) is 0 Å². The smallest absolute Gasteiger partial charge is 0.325 e. The highest BCUT2D eigenvalue weighted by Crippen LogP contribution is 2.17. The number of aliphatic hydroxyl groups is 1. The molecule has 0 spiro atoms. The maximum absolute atomic E-state index is 12.0. The summed E-state index contributed by atoms with van der Waals surface area (Å²) in [6.07, 6.45) is 1.67. The van der Waals surface area contributed by atoms with Crippen molar-refractivity contribution in [3.63, 3.8) is 0 Å². The van der Waals surface area contributed by atoms with Crippen LogP contribution in [0.25, 0.3) is 0 Å². The van der Waals surface area contributed by atoms with Crippen molar-refractivity contribution >= 4 is 11.8 Å². The highest BCUT2D eigenvalue weighted by atomic mass is 16.6. The predicted octanol–water partition coefficient (Wildman–Crippen LogP) is 2.12. The molecule has 0 saturated carbocycles. The lowest BCUT2D eigenvalue weighted by Gasteiger charge is -2.23. The second-order valence-corrected chi connectivity index (χ2v) is 6.69. The van der Waals surface area contributed by atoms with E-state index in [1.54, 1.807) is 44.2 Å². The Hall–Kier alpha value is -2.18. The summed E-state index contributed by atoms with van der Waals surface area (Å²) in [5.74, 6) is -0.182. The monoisotopic (exact) mass is 349 g/mol. The van der Waals surface area contributed by atoms with E-state index in [4.69, 9.17) is 9.47 Å². The lowest BCUT2D eigenvalue weighted by Crippen LogP contribution is -2.48. The van der Waals surface area contributed by atoms with E-state index in [2.05, 4.69) is 11.9 Å². The van der Waals surface area contributed by atoms with E-state index in [0.29, 0.717) is 17.9 Å². The second kappa shape index (κ2) is 8.78. The van der Waals surface area contributed by atoms with Crippen molar-refractivity contribution in [2.75, 3.05) is 19.8 Å². The number of benzene rings is 1. The van der Waals surface area contributed by atoms with Gasteiger partial charge >= 0.3 is 5.97 Å². The minimum Gasteiger partial charge on any atom is -0.490 e. The van der Waals surface area contributed by atoms with Crippen molar-refractivity contribution in [2.45, 2.75) is 38.8 Å². The van der Waals surface area contributed by atoms with Crippen LogP contribution in [0.3, 0.4) is 0 Å². The predicted molar refractivity (Wildman–Crippen MR) is 95.8 cm³/mol. The van der Waals surface area contributed by atoms with E-state index in [9.17, 15) is 14.7 Å². The van der Waals surface area contributed by atoms with Crippen LogP contribution in [-0.4, -0.2) is 47.8 Å². The minimum atomic E-state index is -1.41. The van der Waals surface area contributed by atoms with Crippen LogP contribution >= 0.6 is 0 Å². The fraction of sp³-hybridized carbons (Fsp3) is 0.474. The summed E-state index contributed by atoms with van der Waals surface area (Å²) < 4.78 is 10.7. The number of hydrogen-bond acceptors (Lipinski definition) is 6. The Morgan fingerprint density at radius 2 is 1.76 bits per heavy atom. The molecule has 25 heavy (non-hydrogen) atoms. The minimum absolute atomic E-state index is 0.113. The van der Waals surface area contributed by atoms with Crippen molar-refractivity contribution in [3.05, 3.63) is 42.5 Å². The average molecular weight is 349 g/mol. The van der Waals surface area contributed by atoms with Crippen LogP contribution in [0.15, 0.2) is 36.9 Å². The first kappa shape index (κ1) is 20.9. The van der Waals surface area contributed by atoms with E-state index in [1.807, 2.05) is 0 Å². The number of ether oxygens (including phenoxy) is 2. The third kappa shape index (κ3) is 6.68. The molecule has 0 saturated heterocycles. The third-order valence-corrected chi connectivity index (χ3v) is 3.46. The second-order valence-electron chi connectivity index (χ2n) is 6.69. The van der Waals surface area contributed by atoms with Gasteiger partial charge in [-0.1, -0.05) is 6.08 Å². The fourth-order valence-electron chi connectivity index (χ4n) is 1.93. The lowest BCUT2D eigenvalue weighted by atomic mass is 9.97. The van der Waals surface area contributed by atoms with E-state index in [0.717, 1.165) is 0 Å². The third-order valence-electron chi connectivity index (χ3n) is 3.46. The molecule has 0 fully saturated rings. The molecule has 0 radical (unpaired) electrons. The molecule has 6 nitrogen and oxygen atoms in total. The Balaban J connectivity index is 2.43. The van der Waals surface area contributed by atoms with E-state index >= 15 is 0 Å². The van der Waals surface area contributed by atoms with Crippen LogP contribution in [0.5, 0.6) is 5.75 Å². The molecule has 1 rings (SSSR count). The maximum Gasteiger partial charge on any atom is 0.325 e. The number of nitrogens with one attached hydrogen (secondary N) is 1. The molecule has 0 aliphatic rings. The lowest BCUT2D eigenvalue weighted by molar-refractivity contribution is -0.150. The molecule has 0 bridgehead atoms. The summed E-state index contributed by atoms with van der Waals surface area (Å²) in [6.45, 7) is 10.8. The molecule has 0 aliphatic heterocycles. The van der Waals surface area contributed by atoms with Crippen molar-refractivity contribution in [1.29, 1.82) is 0 Å². The normalized spacial score (nSPS) is 11.7. The van der Waals surface area contributed by atoms with Gasteiger partial charge in [0.25, 0.3) is 0 Å². The Bertz CT molecular complexity index is 599. The Labute approximate surface area is 148 Å². The largest absolute Gasteiger partial charge is 0.490 e. The number of rotatable bonds is 10. The van der Waals surface area contributed by atoms with Gasteiger partial charge in [0, 0.05) is 12.1 Å². The number of esters is 1. The number of Topliss-reactive ketones (excluding diaryl/α,β-unsaturated/α-hetero) is 1. The van der Waals surface area contributed by atoms with Gasteiger partial charge < -0.3 is 14.6 Å². The first-order valence-electron chi connectivity index (χ1n) is 8.11. The van der Waals surface area contributed by atoms with Crippen molar-refractivity contribution < 1.29 is 24.2 Å². The van der Waals surface area contributed by atoms with Gasteiger partial charge in [0.2, 0.25) is 0 Å². The summed E-state index contributed by atoms with van der Waals surface area (Å²) >= 11 is 0. The van der Waals surface area contributed by atoms with Gasteiger partial charge in [-0.2, -0.15) is 0 Å². The molecule has 0 amide bonds. The Morgan fingerprint density at radius 3 is 2.28 bits per heavy atom. The van der Waals surface area contributed by atoms with E-state index in [1.165, 1.54) is 13.8 Å². The van der Waals surface area contributed by atoms with Crippen LogP contribution in [0.1, 0.15) is 38.1 Å². The summed E-state index contributed by atoms with van der Waals surface area (Å²) in [4.78, 5) is 23.9. The number of carbonyl (C=O) groups is 2. The first-order valence-corrected chi connectivity index (χ1v) is 8.11. The molecule has 0 aromatic heterocycles. The quantitative estimate of drug-likeness (QED) is 0.291. The van der Waals surface area contributed by atoms with Gasteiger partial charge in [0.1, 0.15) is 30.1 Å². The van der Waals surface area contributed by atoms with E-state index in [-0.39, 0.29) is 25.0 Å². The van der Waals surface area contributed by atoms with Gasteiger partial charge in [-0.3, -0.25) is 14.9 Å². The molecule has 1 aromatic carbocycles. The molecule has 0 unspecified atom stereocenters. The fourth-order valence-corrected chi connectivity index (χ4v) is 1.93. The zero-order chi connectivity index (χ0) is 19.1. The molecule has 0 aliphatic carbocycles. The van der Waals surface area contributed by atoms with Crippen molar-refractivity contribution in [2.24, 2.45) is 0 Å². The van der Waals surface area contributed by atoms with Crippen LogP contribution in [0, 0.1) is 0 Å². The average Bonchev–Trinajstić information content (AvgIpc) is 2.55. The molecule has 138 valence electrons. The van der Waals surface area contributed by atoms with E-state index < -0.39 is 11.1 Å². The summed E-state index contributed by atoms with van der Waals surface area (Å²) in [5.41, 5.74) is -1.81. The zero-order valence-electron chi connectivity index (χ0n) is 15.3. The van der Waals surface area contributed by atoms with Crippen molar-refractivity contribution in [1.82, 2.24) is 5.32 Å². The molecular formula is C19H27NO5. The van der Waals surface area contributed by atoms with Crippen LogP contribution in [0.2, 0.25) is 0 Å². The van der Waals surface area contributed by atoms with Crippen molar-refractivity contribution in [3.8, 4) is 5.75 Å². The number of hydrogen-bond donors (Lipinski definition) is 2. The molecule has 2 N–H and O–H groups in total. The molecule has 0 heterocycles. The SMILES string of the molecule is C=CCNC(C)(C)C(=O)OCCOc1ccc(C(=O)C(C)(C)O)cc1. The molecule has 6 heteroatoms. The van der Waals surface area contributed by atoms with Gasteiger partial charge in [-0.05, 0) is 52.0 Å². The first-order chi connectivity index (χ1) is 11.6. The highest BCUT2D eigenvalue weighted by Gasteiger charge is 2.28. The maximum atomic E-state index is 12.0. The zero-order valence-corrected chi connectivity index (χ0v) is 15.3. The van der Waals surface area contributed by atoms with Gasteiger partial charge in [-0.25, -0.2) is 0 Å². The Kier molecular flexibility index (Phi) is 7.33. The molecule has 0 atom stereocenters. The highest BCUT2D eigenvalue weighted by molar-refractivity contribution is 6.01. The summed E-state index contributed by atoms with van der Waals surface area (Å²) in [5, 5.41) is 12.7. The standard InChI is InChI=1S/C19H27NO5/c1-6-11-20-18(2,3)17(22)25-13-12-24-15-9-7-14(8-10-15)16(21)19(4,5)23/h6-10,20,23H,1,11-13H2,2-5H3. The molecule has 1 aromatic rings. The van der Waals surface area contributed by atoms with Gasteiger partial charge in [-0.15, -0.1) is 6.58 Å². The summed E-state index contributed by atoms with van der Waals surface area (Å²) in [7, 11) is 0. The van der Waals surface area contributed by atoms with Crippen LogP contribution < -0.4 is 10.1 Å². The van der Waals surface area contributed by atoms with Gasteiger partial charge in [0.15, 0.2) is 5.78 Å². The topological polar surface area (TPSA) is 84.9 Å². The summed E-state index contributed by atoms with van der Waals surface area (Å²) in [6, 6.07) is 6.45. The number of carbonyl (C=O) groups excluding carboxylic acids is 2. The number of ketones is 1. The van der Waals surface area contributed by atoms with Crippen LogP contribution in [-0.2, 0) is 9.53 Å². The molecular weight excluding hydrogens is 322 g/mol. The van der Waals surface area contributed by atoms with Crippen LogP contribution in [0.4, 0.5) is 0 Å². The Morgan fingerprint density at radius 1 is 1.16 bits per heavy atom.